The first-order chi connectivity index (χ1) is 6.72. The van der Waals surface area contributed by atoms with Crippen LogP contribution in [-0.2, 0) is 4.79 Å². The van der Waals surface area contributed by atoms with E-state index in [2.05, 4.69) is 5.32 Å². The molecule has 0 radical (unpaired) electrons. The number of nitrogens with one attached hydrogen (secondary N) is 1. The van der Waals surface area contributed by atoms with E-state index in [1.165, 1.54) is 0 Å². The van der Waals surface area contributed by atoms with Crippen molar-refractivity contribution in [3.63, 3.8) is 0 Å². The summed E-state index contributed by atoms with van der Waals surface area (Å²) in [6.07, 6.45) is -4.33. The summed E-state index contributed by atoms with van der Waals surface area (Å²) in [7, 11) is 1.15. The number of hydrogen-bond acceptors (Lipinski definition) is 2. The van der Waals surface area contributed by atoms with Gasteiger partial charge in [0.25, 0.3) is 0 Å². The maximum Gasteiger partial charge on any atom is 0.406 e. The summed E-state index contributed by atoms with van der Waals surface area (Å²) in [5, 5.41) is 2.79. The summed E-state index contributed by atoms with van der Waals surface area (Å²) >= 11 is 0. The zero-order valence-electron chi connectivity index (χ0n) is 9.19. The van der Waals surface area contributed by atoms with E-state index in [1.807, 2.05) is 13.8 Å². The van der Waals surface area contributed by atoms with E-state index in [0.29, 0.717) is 17.4 Å². The third kappa shape index (κ3) is 8.23. The van der Waals surface area contributed by atoms with E-state index < -0.39 is 18.6 Å². The molecule has 0 atom stereocenters. The molecule has 0 aliphatic carbocycles. The first-order valence-corrected chi connectivity index (χ1v) is 4.74. The van der Waals surface area contributed by atoms with Crippen molar-refractivity contribution < 1.29 is 18.0 Å². The predicted octanol–water partition coefficient (Wildman–Crippen LogP) is 1.25. The Bertz CT molecular complexity index is 204. The minimum absolute atomic E-state index is 0.0508. The van der Waals surface area contributed by atoms with Crippen LogP contribution in [0.2, 0.25) is 0 Å². The van der Waals surface area contributed by atoms with Crippen LogP contribution in [0.5, 0.6) is 0 Å². The van der Waals surface area contributed by atoms with Gasteiger partial charge in [0.1, 0.15) is 6.54 Å². The van der Waals surface area contributed by atoms with Gasteiger partial charge in [-0.3, -0.25) is 4.79 Å². The molecule has 6 heteroatoms. The average Bonchev–Trinajstić information content (AvgIpc) is 1.99. The lowest BCUT2D eigenvalue weighted by atomic mass is 10.2. The van der Waals surface area contributed by atoms with Gasteiger partial charge in [-0.05, 0) is 12.5 Å². The molecule has 0 aromatic heterocycles. The van der Waals surface area contributed by atoms with Crippen LogP contribution in [-0.4, -0.2) is 43.7 Å². The molecule has 0 aromatic carbocycles. The highest BCUT2D eigenvalue weighted by Crippen LogP contribution is 2.15. The van der Waals surface area contributed by atoms with E-state index in [9.17, 15) is 18.0 Å². The maximum atomic E-state index is 11.9. The van der Waals surface area contributed by atoms with Crippen LogP contribution in [0.25, 0.3) is 0 Å². The molecule has 0 aromatic rings. The van der Waals surface area contributed by atoms with Gasteiger partial charge in [0.15, 0.2) is 0 Å². The molecule has 0 aliphatic rings. The molecule has 0 fully saturated rings. The van der Waals surface area contributed by atoms with Crippen molar-refractivity contribution >= 4 is 5.91 Å². The topological polar surface area (TPSA) is 32.3 Å². The summed E-state index contributed by atoms with van der Waals surface area (Å²) < 4.78 is 35.7. The van der Waals surface area contributed by atoms with Gasteiger partial charge in [-0.1, -0.05) is 13.8 Å². The molecule has 0 saturated carbocycles. The first kappa shape index (κ1) is 14.2. The Hall–Kier alpha value is -0.780. The van der Waals surface area contributed by atoms with Gasteiger partial charge < -0.3 is 10.2 Å². The average molecular weight is 226 g/mol. The summed E-state index contributed by atoms with van der Waals surface area (Å²) in [6, 6.07) is 0. The number of alkyl halides is 3. The highest BCUT2D eigenvalue weighted by molar-refractivity contribution is 5.77. The van der Waals surface area contributed by atoms with Crippen LogP contribution in [0.4, 0.5) is 13.2 Å². The van der Waals surface area contributed by atoms with Crippen LogP contribution in [0, 0.1) is 5.92 Å². The second kappa shape index (κ2) is 5.95. The van der Waals surface area contributed by atoms with Gasteiger partial charge in [-0.2, -0.15) is 13.2 Å². The Balaban J connectivity index is 3.80. The zero-order chi connectivity index (χ0) is 12.1. The molecule has 0 spiro atoms. The number of halogens is 3. The molecule has 0 unspecified atom stereocenters. The van der Waals surface area contributed by atoms with Crippen molar-refractivity contribution in [2.45, 2.75) is 20.0 Å². The lowest BCUT2D eigenvalue weighted by Gasteiger charge is -2.19. The highest BCUT2D eigenvalue weighted by atomic mass is 19.4. The Morgan fingerprint density at radius 1 is 1.40 bits per heavy atom. The quantitative estimate of drug-likeness (QED) is 0.765. The van der Waals surface area contributed by atoms with Gasteiger partial charge in [0.05, 0.1) is 6.54 Å². The van der Waals surface area contributed by atoms with Gasteiger partial charge in [0, 0.05) is 7.05 Å². The Kier molecular flexibility index (Phi) is 5.64. The van der Waals surface area contributed by atoms with Gasteiger partial charge in [0.2, 0.25) is 5.91 Å². The number of carbonyl (C=O) groups excluding carboxylic acids is 1. The molecule has 3 nitrogen and oxygen atoms in total. The third-order valence-electron chi connectivity index (χ3n) is 1.67. The molecule has 15 heavy (non-hydrogen) atoms. The minimum atomic E-state index is -4.33. The monoisotopic (exact) mass is 226 g/mol. The normalized spacial score (nSPS) is 11.9. The fourth-order valence-electron chi connectivity index (χ4n) is 0.960. The van der Waals surface area contributed by atoms with Crippen molar-refractivity contribution in [1.29, 1.82) is 0 Å². The molecular formula is C9H17F3N2O. The van der Waals surface area contributed by atoms with Gasteiger partial charge in [-0.15, -0.1) is 0 Å². The Morgan fingerprint density at radius 2 is 1.93 bits per heavy atom. The van der Waals surface area contributed by atoms with E-state index in [0.717, 1.165) is 7.05 Å². The van der Waals surface area contributed by atoms with E-state index >= 15 is 0 Å². The van der Waals surface area contributed by atoms with Crippen LogP contribution in [0.3, 0.4) is 0 Å². The summed E-state index contributed by atoms with van der Waals surface area (Å²) in [5.74, 6) is -0.182. The Labute approximate surface area is 87.6 Å². The van der Waals surface area contributed by atoms with Crippen molar-refractivity contribution in [1.82, 2.24) is 10.2 Å². The maximum absolute atomic E-state index is 11.9. The van der Waals surface area contributed by atoms with E-state index in [-0.39, 0.29) is 6.54 Å². The number of carbonyl (C=O) groups is 1. The van der Waals surface area contributed by atoms with E-state index in [4.69, 9.17) is 0 Å². The molecule has 0 aliphatic heterocycles. The molecule has 0 rings (SSSR count). The molecule has 1 amide bonds. The third-order valence-corrected chi connectivity index (χ3v) is 1.67. The molecule has 0 heterocycles. The molecule has 90 valence electrons. The smallest absolute Gasteiger partial charge is 0.336 e. The molecule has 0 bridgehead atoms. The van der Waals surface area contributed by atoms with Gasteiger partial charge in [-0.25, -0.2) is 0 Å². The molecular weight excluding hydrogens is 209 g/mol. The zero-order valence-corrected chi connectivity index (χ0v) is 9.19. The van der Waals surface area contributed by atoms with Crippen LogP contribution < -0.4 is 5.32 Å². The summed E-state index contributed by atoms with van der Waals surface area (Å²) in [4.78, 5) is 11.8. The van der Waals surface area contributed by atoms with E-state index in [1.54, 1.807) is 0 Å². The van der Waals surface area contributed by atoms with Crippen molar-refractivity contribution in [3.8, 4) is 0 Å². The number of amides is 1. The fraction of sp³-hybridized carbons (Fsp3) is 0.889. The second-order valence-electron chi connectivity index (χ2n) is 3.89. The van der Waals surface area contributed by atoms with Crippen molar-refractivity contribution in [2.75, 3.05) is 26.7 Å². The number of rotatable bonds is 5. The standard InChI is InChI=1S/C9H17F3N2O/c1-7(2)4-13-5-8(15)14(3)6-9(10,11)12/h7,13H,4-6H2,1-3H3. The number of nitrogens with zero attached hydrogens (tertiary/aromatic N) is 1. The first-order valence-electron chi connectivity index (χ1n) is 4.74. The van der Waals surface area contributed by atoms with Crippen LogP contribution in [0.1, 0.15) is 13.8 Å². The summed E-state index contributed by atoms with van der Waals surface area (Å²) in [6.45, 7) is 3.28. The SMILES string of the molecule is CC(C)CNCC(=O)N(C)CC(F)(F)F. The number of hydrogen-bond donors (Lipinski definition) is 1. The molecule has 0 saturated heterocycles. The Morgan fingerprint density at radius 3 is 2.33 bits per heavy atom. The fourth-order valence-corrected chi connectivity index (χ4v) is 0.960. The summed E-state index contributed by atoms with van der Waals surface area (Å²) in [5.41, 5.74) is 0. The predicted molar refractivity (Wildman–Crippen MR) is 51.4 cm³/mol. The highest BCUT2D eigenvalue weighted by Gasteiger charge is 2.30. The van der Waals surface area contributed by atoms with Crippen LogP contribution >= 0.6 is 0 Å². The van der Waals surface area contributed by atoms with Crippen molar-refractivity contribution in [3.05, 3.63) is 0 Å². The second-order valence-corrected chi connectivity index (χ2v) is 3.89. The largest absolute Gasteiger partial charge is 0.406 e. The lowest BCUT2D eigenvalue weighted by molar-refractivity contribution is -0.157. The molecule has 1 N–H and O–H groups in total. The van der Waals surface area contributed by atoms with Crippen LogP contribution in [0.15, 0.2) is 0 Å². The lowest BCUT2D eigenvalue weighted by Crippen LogP contribution is -2.41. The minimum Gasteiger partial charge on any atom is -0.336 e. The van der Waals surface area contributed by atoms with Crippen molar-refractivity contribution in [2.24, 2.45) is 5.92 Å². The number of likely N-dealkylation sites (N-methyl/N-ethyl adjacent to an activating group) is 1. The van der Waals surface area contributed by atoms with Gasteiger partial charge >= 0.3 is 6.18 Å².